The molecule has 3 aromatic rings. The molecule has 3 rings (SSSR count). The number of benzene rings is 2. The van der Waals surface area contributed by atoms with Crippen LogP contribution in [-0.2, 0) is 0 Å². The fraction of sp³-hybridized carbons (Fsp3) is 0.211. The standard InChI is InChI=1S/C19H18F2N4O2/c1-12(2)13-3-5-14(6-4-13)23-18(26)17-22-11-25(24-17)15-7-9-16(10-8-15)27-19(20)21/h3-12,19H,1-2H3,(H,23,26). The quantitative estimate of drug-likeness (QED) is 0.703. The molecule has 2 aromatic carbocycles. The number of alkyl halides is 2. The van der Waals surface area contributed by atoms with Gasteiger partial charge in [-0.05, 0) is 47.9 Å². The Labute approximate surface area is 154 Å². The number of hydrogen-bond acceptors (Lipinski definition) is 4. The first kappa shape index (κ1) is 18.5. The summed E-state index contributed by atoms with van der Waals surface area (Å²) in [7, 11) is 0. The summed E-state index contributed by atoms with van der Waals surface area (Å²) in [6.45, 7) is 1.30. The molecule has 0 saturated carbocycles. The Balaban J connectivity index is 1.68. The Bertz CT molecular complexity index is 906. The van der Waals surface area contributed by atoms with E-state index in [1.54, 1.807) is 12.1 Å². The highest BCUT2D eigenvalue weighted by Gasteiger charge is 2.13. The molecule has 0 radical (unpaired) electrons. The maximum absolute atomic E-state index is 12.3. The van der Waals surface area contributed by atoms with Crippen LogP contribution < -0.4 is 10.1 Å². The summed E-state index contributed by atoms with van der Waals surface area (Å²) in [5, 5.41) is 6.86. The molecule has 8 heteroatoms. The van der Waals surface area contributed by atoms with Crippen LogP contribution in [0.2, 0.25) is 0 Å². The third-order valence-corrected chi connectivity index (χ3v) is 3.86. The summed E-state index contributed by atoms with van der Waals surface area (Å²) >= 11 is 0. The highest BCUT2D eigenvalue weighted by Crippen LogP contribution is 2.18. The molecular weight excluding hydrogens is 354 g/mol. The van der Waals surface area contributed by atoms with Gasteiger partial charge in [0.15, 0.2) is 0 Å². The van der Waals surface area contributed by atoms with Crippen LogP contribution in [0.15, 0.2) is 54.9 Å². The lowest BCUT2D eigenvalue weighted by Crippen LogP contribution is -2.14. The zero-order valence-electron chi connectivity index (χ0n) is 14.8. The molecule has 1 aromatic heterocycles. The number of amides is 1. The van der Waals surface area contributed by atoms with Crippen LogP contribution in [0.3, 0.4) is 0 Å². The van der Waals surface area contributed by atoms with Gasteiger partial charge in [0.05, 0.1) is 5.69 Å². The number of nitrogens with zero attached hydrogens (tertiary/aromatic N) is 3. The third-order valence-electron chi connectivity index (χ3n) is 3.86. The molecule has 0 aliphatic heterocycles. The Morgan fingerprint density at radius 3 is 2.33 bits per heavy atom. The molecule has 0 unspecified atom stereocenters. The molecular formula is C19H18F2N4O2. The molecule has 6 nitrogen and oxygen atoms in total. The largest absolute Gasteiger partial charge is 0.435 e. The number of rotatable bonds is 6. The van der Waals surface area contributed by atoms with Crippen LogP contribution in [-0.4, -0.2) is 27.3 Å². The molecule has 1 heterocycles. The van der Waals surface area contributed by atoms with Gasteiger partial charge in [-0.1, -0.05) is 26.0 Å². The van der Waals surface area contributed by atoms with Crippen molar-refractivity contribution >= 4 is 11.6 Å². The second-order valence-electron chi connectivity index (χ2n) is 6.12. The molecule has 0 aliphatic carbocycles. The summed E-state index contributed by atoms with van der Waals surface area (Å²) in [6, 6.07) is 13.4. The van der Waals surface area contributed by atoms with Crippen molar-refractivity contribution < 1.29 is 18.3 Å². The highest BCUT2D eigenvalue weighted by molar-refractivity contribution is 6.01. The topological polar surface area (TPSA) is 69.0 Å². The minimum absolute atomic E-state index is 0.00385. The maximum atomic E-state index is 12.3. The minimum Gasteiger partial charge on any atom is -0.435 e. The Morgan fingerprint density at radius 1 is 1.07 bits per heavy atom. The first-order chi connectivity index (χ1) is 12.9. The molecule has 1 N–H and O–H groups in total. The van der Waals surface area contributed by atoms with E-state index in [1.165, 1.54) is 28.7 Å². The molecule has 0 atom stereocenters. The number of aromatic nitrogens is 3. The molecule has 0 fully saturated rings. The summed E-state index contributed by atoms with van der Waals surface area (Å²) in [5.74, 6) is 0.000758. The van der Waals surface area contributed by atoms with Gasteiger partial charge in [-0.25, -0.2) is 9.67 Å². The maximum Gasteiger partial charge on any atom is 0.387 e. The molecule has 1 amide bonds. The molecule has 0 aliphatic rings. The van der Waals surface area contributed by atoms with Gasteiger partial charge in [0, 0.05) is 5.69 Å². The van der Waals surface area contributed by atoms with Gasteiger partial charge >= 0.3 is 6.61 Å². The summed E-state index contributed by atoms with van der Waals surface area (Å²) in [4.78, 5) is 16.3. The normalized spacial score (nSPS) is 11.0. The van der Waals surface area contributed by atoms with Crippen molar-refractivity contribution in [2.75, 3.05) is 5.32 Å². The Kier molecular flexibility index (Phi) is 5.44. The van der Waals surface area contributed by atoms with Crippen molar-refractivity contribution in [2.45, 2.75) is 26.4 Å². The molecule has 140 valence electrons. The van der Waals surface area contributed by atoms with E-state index in [0.717, 1.165) is 0 Å². The van der Waals surface area contributed by atoms with Crippen molar-refractivity contribution in [3.8, 4) is 11.4 Å². The van der Waals surface area contributed by atoms with Crippen LogP contribution in [0.5, 0.6) is 5.75 Å². The number of anilines is 1. The average Bonchev–Trinajstić information content (AvgIpc) is 3.12. The molecule has 0 spiro atoms. The van der Waals surface area contributed by atoms with Crippen molar-refractivity contribution in [3.05, 3.63) is 66.2 Å². The minimum atomic E-state index is -2.88. The lowest BCUT2D eigenvalue weighted by molar-refractivity contribution is -0.0498. The third kappa shape index (κ3) is 4.66. The monoisotopic (exact) mass is 372 g/mol. The van der Waals surface area contributed by atoms with Crippen LogP contribution >= 0.6 is 0 Å². The van der Waals surface area contributed by atoms with Crippen LogP contribution in [0, 0.1) is 0 Å². The predicted molar refractivity (Wildman–Crippen MR) is 96.5 cm³/mol. The first-order valence-electron chi connectivity index (χ1n) is 8.30. The zero-order valence-corrected chi connectivity index (χ0v) is 14.8. The van der Waals surface area contributed by atoms with E-state index in [0.29, 0.717) is 17.3 Å². The van der Waals surface area contributed by atoms with Crippen LogP contribution in [0.25, 0.3) is 5.69 Å². The SMILES string of the molecule is CC(C)c1ccc(NC(=O)c2ncn(-c3ccc(OC(F)F)cc3)n2)cc1. The number of carbonyl (C=O) groups excluding carboxylic acids is 1. The van der Waals surface area contributed by atoms with E-state index in [9.17, 15) is 13.6 Å². The second kappa shape index (κ2) is 7.94. The lowest BCUT2D eigenvalue weighted by atomic mass is 10.0. The van der Waals surface area contributed by atoms with E-state index in [1.807, 2.05) is 24.3 Å². The number of nitrogens with one attached hydrogen (secondary N) is 1. The van der Waals surface area contributed by atoms with Crippen molar-refractivity contribution in [3.63, 3.8) is 0 Å². The average molecular weight is 372 g/mol. The Morgan fingerprint density at radius 2 is 1.74 bits per heavy atom. The number of ether oxygens (including phenoxy) is 1. The van der Waals surface area contributed by atoms with E-state index >= 15 is 0 Å². The molecule has 27 heavy (non-hydrogen) atoms. The van der Waals surface area contributed by atoms with Gasteiger partial charge in [-0.15, -0.1) is 5.10 Å². The fourth-order valence-corrected chi connectivity index (χ4v) is 2.41. The number of carbonyl (C=O) groups is 1. The highest BCUT2D eigenvalue weighted by atomic mass is 19.3. The molecule has 0 saturated heterocycles. The van der Waals surface area contributed by atoms with Gasteiger partial charge in [-0.2, -0.15) is 8.78 Å². The van der Waals surface area contributed by atoms with E-state index in [2.05, 4.69) is 34.0 Å². The van der Waals surface area contributed by atoms with Gasteiger partial charge in [0.1, 0.15) is 12.1 Å². The van der Waals surface area contributed by atoms with E-state index in [4.69, 9.17) is 0 Å². The van der Waals surface area contributed by atoms with Gasteiger partial charge in [0.25, 0.3) is 5.91 Å². The second-order valence-corrected chi connectivity index (χ2v) is 6.12. The lowest BCUT2D eigenvalue weighted by Gasteiger charge is -2.07. The van der Waals surface area contributed by atoms with Crippen molar-refractivity contribution in [2.24, 2.45) is 0 Å². The van der Waals surface area contributed by atoms with Gasteiger partial charge < -0.3 is 10.1 Å². The van der Waals surface area contributed by atoms with Crippen molar-refractivity contribution in [1.29, 1.82) is 0 Å². The number of halogens is 2. The first-order valence-corrected chi connectivity index (χ1v) is 8.30. The van der Waals surface area contributed by atoms with Crippen LogP contribution in [0.1, 0.15) is 35.9 Å². The van der Waals surface area contributed by atoms with E-state index in [-0.39, 0.29) is 11.6 Å². The summed E-state index contributed by atoms with van der Waals surface area (Å²) < 4.78 is 30.0. The molecule has 0 bridgehead atoms. The van der Waals surface area contributed by atoms with Gasteiger partial charge in [-0.3, -0.25) is 4.79 Å². The van der Waals surface area contributed by atoms with E-state index < -0.39 is 12.5 Å². The fourth-order valence-electron chi connectivity index (χ4n) is 2.41. The number of hydrogen-bond donors (Lipinski definition) is 1. The van der Waals surface area contributed by atoms with Gasteiger partial charge in [0.2, 0.25) is 5.82 Å². The summed E-state index contributed by atoms with van der Waals surface area (Å²) in [5.41, 5.74) is 2.38. The van der Waals surface area contributed by atoms with Crippen molar-refractivity contribution in [1.82, 2.24) is 14.8 Å². The van der Waals surface area contributed by atoms with Crippen LogP contribution in [0.4, 0.5) is 14.5 Å². The Hall–Kier alpha value is -3.29. The predicted octanol–water partition coefficient (Wildman–Crippen LogP) is 4.24. The summed E-state index contributed by atoms with van der Waals surface area (Å²) in [6.07, 6.45) is 1.37. The zero-order chi connectivity index (χ0) is 19.4. The smallest absolute Gasteiger partial charge is 0.387 e.